The number of hydrogen-bond donors (Lipinski definition) is 2. The average molecular weight is 345 g/mol. The molecule has 1 aromatic carbocycles. The molecule has 0 spiro atoms. The Morgan fingerprint density at radius 2 is 2.04 bits per heavy atom. The lowest BCUT2D eigenvalue weighted by atomic mass is 10.1. The topological polar surface area (TPSA) is 66.9 Å². The van der Waals surface area contributed by atoms with E-state index in [0.717, 1.165) is 30.6 Å². The van der Waals surface area contributed by atoms with E-state index in [0.29, 0.717) is 23.3 Å². The summed E-state index contributed by atoms with van der Waals surface area (Å²) in [4.78, 5) is 20.5. The standard InChI is InChI=1S/C18H21ClN4O/c19-14-5-3-4-13(10-14)8-9-20-18(24)16-11-17(22-12-21-16)23-15-6-1-2-7-15/h3-5,10-12,15H,1-2,6-9H2,(H,20,24)(H,21,22,23). The van der Waals surface area contributed by atoms with Crippen LogP contribution in [0.5, 0.6) is 0 Å². The number of amides is 1. The van der Waals surface area contributed by atoms with E-state index >= 15 is 0 Å². The van der Waals surface area contributed by atoms with Gasteiger partial charge >= 0.3 is 0 Å². The van der Waals surface area contributed by atoms with Crippen LogP contribution in [0.1, 0.15) is 41.7 Å². The molecular weight excluding hydrogens is 324 g/mol. The maximum absolute atomic E-state index is 12.2. The minimum Gasteiger partial charge on any atom is -0.367 e. The molecule has 3 rings (SSSR count). The molecule has 6 heteroatoms. The van der Waals surface area contributed by atoms with Crippen molar-refractivity contribution in [3.63, 3.8) is 0 Å². The summed E-state index contributed by atoms with van der Waals surface area (Å²) in [5.74, 6) is 0.533. The summed E-state index contributed by atoms with van der Waals surface area (Å²) in [7, 11) is 0. The Morgan fingerprint density at radius 1 is 1.21 bits per heavy atom. The average Bonchev–Trinajstić information content (AvgIpc) is 3.08. The molecule has 1 saturated carbocycles. The summed E-state index contributed by atoms with van der Waals surface area (Å²) < 4.78 is 0. The molecule has 0 aliphatic heterocycles. The Hall–Kier alpha value is -2.14. The maximum Gasteiger partial charge on any atom is 0.270 e. The van der Waals surface area contributed by atoms with E-state index < -0.39 is 0 Å². The zero-order valence-corrected chi connectivity index (χ0v) is 14.2. The first-order valence-electron chi connectivity index (χ1n) is 8.32. The van der Waals surface area contributed by atoms with Gasteiger partial charge in [0, 0.05) is 23.7 Å². The molecule has 0 atom stereocenters. The summed E-state index contributed by atoms with van der Waals surface area (Å²) in [5, 5.41) is 6.97. The number of halogens is 1. The Morgan fingerprint density at radius 3 is 2.83 bits per heavy atom. The number of carbonyl (C=O) groups is 1. The molecule has 0 saturated heterocycles. The first kappa shape index (κ1) is 16.7. The minimum absolute atomic E-state index is 0.186. The Balaban J connectivity index is 1.52. The molecule has 0 unspecified atom stereocenters. The molecule has 1 amide bonds. The molecule has 2 aromatic rings. The van der Waals surface area contributed by atoms with Gasteiger partial charge in [-0.15, -0.1) is 0 Å². The monoisotopic (exact) mass is 344 g/mol. The fourth-order valence-corrected chi connectivity index (χ4v) is 3.16. The van der Waals surface area contributed by atoms with E-state index in [4.69, 9.17) is 11.6 Å². The van der Waals surface area contributed by atoms with Crippen molar-refractivity contribution in [3.8, 4) is 0 Å². The first-order chi connectivity index (χ1) is 11.7. The quantitative estimate of drug-likeness (QED) is 0.842. The van der Waals surface area contributed by atoms with Gasteiger partial charge in [-0.3, -0.25) is 4.79 Å². The summed E-state index contributed by atoms with van der Waals surface area (Å²) in [6, 6.07) is 9.81. The maximum atomic E-state index is 12.2. The van der Waals surface area contributed by atoms with E-state index in [1.165, 1.54) is 19.2 Å². The van der Waals surface area contributed by atoms with Gasteiger partial charge in [0.1, 0.15) is 17.8 Å². The van der Waals surface area contributed by atoms with Crippen LogP contribution in [-0.2, 0) is 6.42 Å². The van der Waals surface area contributed by atoms with Gasteiger partial charge in [0.2, 0.25) is 0 Å². The summed E-state index contributed by atoms with van der Waals surface area (Å²) in [5.41, 5.74) is 1.48. The van der Waals surface area contributed by atoms with Crippen molar-refractivity contribution in [1.82, 2.24) is 15.3 Å². The molecule has 5 nitrogen and oxygen atoms in total. The molecule has 2 N–H and O–H groups in total. The van der Waals surface area contributed by atoms with Crippen molar-refractivity contribution in [3.05, 3.63) is 52.9 Å². The molecule has 24 heavy (non-hydrogen) atoms. The van der Waals surface area contributed by atoms with Gasteiger partial charge in [0.05, 0.1) is 0 Å². The number of nitrogens with one attached hydrogen (secondary N) is 2. The van der Waals surface area contributed by atoms with Crippen LogP contribution in [0.4, 0.5) is 5.82 Å². The van der Waals surface area contributed by atoms with E-state index in [9.17, 15) is 4.79 Å². The van der Waals surface area contributed by atoms with Crippen molar-refractivity contribution in [2.24, 2.45) is 0 Å². The van der Waals surface area contributed by atoms with E-state index in [1.54, 1.807) is 6.07 Å². The summed E-state index contributed by atoms with van der Waals surface area (Å²) in [6.07, 6.45) is 6.98. The van der Waals surface area contributed by atoms with Crippen molar-refractivity contribution in [1.29, 1.82) is 0 Å². The molecule has 0 bridgehead atoms. The fraction of sp³-hybridized carbons (Fsp3) is 0.389. The Labute approximate surface area is 146 Å². The van der Waals surface area contributed by atoms with Gasteiger partial charge in [0.25, 0.3) is 5.91 Å². The lowest BCUT2D eigenvalue weighted by molar-refractivity contribution is 0.0949. The van der Waals surface area contributed by atoms with Gasteiger partial charge in [-0.1, -0.05) is 36.6 Å². The highest BCUT2D eigenvalue weighted by Crippen LogP contribution is 2.21. The normalized spacial score (nSPS) is 14.5. The van der Waals surface area contributed by atoms with Gasteiger partial charge in [0.15, 0.2) is 0 Å². The molecule has 126 valence electrons. The third-order valence-corrected chi connectivity index (χ3v) is 4.43. The van der Waals surface area contributed by atoms with Crippen molar-refractivity contribution in [2.45, 2.75) is 38.1 Å². The Bertz CT molecular complexity index is 701. The first-order valence-corrected chi connectivity index (χ1v) is 8.70. The van der Waals surface area contributed by atoms with Crippen LogP contribution in [-0.4, -0.2) is 28.5 Å². The smallest absolute Gasteiger partial charge is 0.270 e. The third-order valence-electron chi connectivity index (χ3n) is 4.20. The minimum atomic E-state index is -0.186. The second kappa shape index (κ2) is 8.11. The van der Waals surface area contributed by atoms with Crippen LogP contribution in [0.2, 0.25) is 5.02 Å². The largest absolute Gasteiger partial charge is 0.367 e. The van der Waals surface area contributed by atoms with Crippen LogP contribution in [0.25, 0.3) is 0 Å². The number of anilines is 1. The second-order valence-electron chi connectivity index (χ2n) is 6.05. The summed E-state index contributed by atoms with van der Waals surface area (Å²) >= 11 is 5.96. The lowest BCUT2D eigenvalue weighted by Crippen LogP contribution is -2.27. The highest BCUT2D eigenvalue weighted by molar-refractivity contribution is 6.30. The van der Waals surface area contributed by atoms with Crippen molar-refractivity contribution in [2.75, 3.05) is 11.9 Å². The molecule has 0 radical (unpaired) electrons. The zero-order chi connectivity index (χ0) is 16.8. The number of aromatic nitrogens is 2. The predicted molar refractivity (Wildman–Crippen MR) is 95.4 cm³/mol. The molecule has 1 heterocycles. The van der Waals surface area contributed by atoms with Crippen molar-refractivity contribution >= 4 is 23.3 Å². The van der Waals surface area contributed by atoms with Crippen LogP contribution in [0, 0.1) is 0 Å². The Kier molecular flexibility index (Phi) is 5.64. The molecular formula is C18H21ClN4O. The lowest BCUT2D eigenvalue weighted by Gasteiger charge is -2.12. The number of benzene rings is 1. The van der Waals surface area contributed by atoms with Gasteiger partial charge < -0.3 is 10.6 Å². The van der Waals surface area contributed by atoms with Gasteiger partial charge in [-0.2, -0.15) is 0 Å². The number of hydrogen-bond acceptors (Lipinski definition) is 4. The molecule has 1 aliphatic carbocycles. The van der Waals surface area contributed by atoms with Crippen LogP contribution in [0.3, 0.4) is 0 Å². The van der Waals surface area contributed by atoms with Gasteiger partial charge in [-0.05, 0) is 37.0 Å². The van der Waals surface area contributed by atoms with Crippen LogP contribution >= 0.6 is 11.6 Å². The number of rotatable bonds is 6. The molecule has 1 fully saturated rings. The van der Waals surface area contributed by atoms with Gasteiger partial charge in [-0.25, -0.2) is 9.97 Å². The predicted octanol–water partition coefficient (Wildman–Crippen LogP) is 3.46. The fourth-order valence-electron chi connectivity index (χ4n) is 2.94. The van der Waals surface area contributed by atoms with Crippen LogP contribution < -0.4 is 10.6 Å². The highest BCUT2D eigenvalue weighted by Gasteiger charge is 2.16. The van der Waals surface area contributed by atoms with Crippen LogP contribution in [0.15, 0.2) is 36.7 Å². The highest BCUT2D eigenvalue weighted by atomic mass is 35.5. The number of carbonyl (C=O) groups excluding carboxylic acids is 1. The summed E-state index contributed by atoms with van der Waals surface area (Å²) in [6.45, 7) is 0.536. The molecule has 1 aromatic heterocycles. The third kappa shape index (κ3) is 4.68. The second-order valence-corrected chi connectivity index (χ2v) is 6.49. The van der Waals surface area contributed by atoms with E-state index in [1.807, 2.05) is 24.3 Å². The zero-order valence-electron chi connectivity index (χ0n) is 13.5. The van der Waals surface area contributed by atoms with Crippen molar-refractivity contribution < 1.29 is 4.79 Å². The van der Waals surface area contributed by atoms with E-state index in [-0.39, 0.29) is 5.91 Å². The SMILES string of the molecule is O=C(NCCc1cccc(Cl)c1)c1cc(NC2CCCC2)ncn1. The number of nitrogens with zero attached hydrogens (tertiary/aromatic N) is 2. The van der Waals surface area contributed by atoms with E-state index in [2.05, 4.69) is 20.6 Å². The molecule has 1 aliphatic rings.